The van der Waals surface area contributed by atoms with Gasteiger partial charge in [0.1, 0.15) is 0 Å². The molecule has 3 nitrogen and oxygen atoms in total. The zero-order valence-corrected chi connectivity index (χ0v) is 9.03. The Morgan fingerprint density at radius 3 is 3.13 bits per heavy atom. The number of amides is 1. The highest BCUT2D eigenvalue weighted by molar-refractivity contribution is 5.76. The second-order valence-electron chi connectivity index (χ2n) is 3.63. The Bertz CT molecular complexity index is 303. The van der Waals surface area contributed by atoms with Crippen molar-refractivity contribution in [3.05, 3.63) is 36.8 Å². The Kier molecular flexibility index (Phi) is 4.68. The van der Waals surface area contributed by atoms with Gasteiger partial charge in [-0.05, 0) is 31.4 Å². The molecule has 0 unspecified atom stereocenters. The first-order chi connectivity index (χ1) is 7.22. The molecular formula is C12H17NO2. The van der Waals surface area contributed by atoms with Crippen molar-refractivity contribution < 1.29 is 9.21 Å². The van der Waals surface area contributed by atoms with Crippen molar-refractivity contribution in [3.8, 4) is 0 Å². The number of furan rings is 1. The number of rotatable bonds is 6. The standard InChI is InChI=1S/C12H17NO2/c1-3-4-5-12(14)13-10(2)8-11-6-7-15-9-11/h3,6-7,9-10H,1,4-5,8H2,2H3,(H,13,14)/t10-/m1/s1. The molecule has 0 aliphatic rings. The van der Waals surface area contributed by atoms with E-state index in [1.54, 1.807) is 18.6 Å². The van der Waals surface area contributed by atoms with E-state index < -0.39 is 0 Å². The van der Waals surface area contributed by atoms with Gasteiger partial charge in [0.05, 0.1) is 12.5 Å². The summed E-state index contributed by atoms with van der Waals surface area (Å²) in [6, 6.07) is 2.05. The van der Waals surface area contributed by atoms with E-state index in [4.69, 9.17) is 4.42 Å². The van der Waals surface area contributed by atoms with E-state index in [-0.39, 0.29) is 11.9 Å². The van der Waals surface area contributed by atoms with Gasteiger partial charge in [-0.2, -0.15) is 0 Å². The van der Waals surface area contributed by atoms with Crippen LogP contribution in [0.3, 0.4) is 0 Å². The first kappa shape index (κ1) is 11.6. The number of allylic oxidation sites excluding steroid dienone is 1. The maximum absolute atomic E-state index is 11.4. The highest BCUT2D eigenvalue weighted by Crippen LogP contribution is 2.04. The zero-order chi connectivity index (χ0) is 11.1. The van der Waals surface area contributed by atoms with E-state index in [1.165, 1.54) is 0 Å². The topological polar surface area (TPSA) is 42.2 Å². The minimum atomic E-state index is 0.0749. The van der Waals surface area contributed by atoms with Gasteiger partial charge in [-0.3, -0.25) is 4.79 Å². The van der Waals surface area contributed by atoms with Crippen LogP contribution in [0.15, 0.2) is 35.7 Å². The lowest BCUT2D eigenvalue weighted by Crippen LogP contribution is -2.33. The van der Waals surface area contributed by atoms with Crippen LogP contribution in [-0.2, 0) is 11.2 Å². The monoisotopic (exact) mass is 207 g/mol. The zero-order valence-electron chi connectivity index (χ0n) is 9.03. The van der Waals surface area contributed by atoms with Crippen LogP contribution < -0.4 is 5.32 Å². The molecule has 1 atom stereocenters. The van der Waals surface area contributed by atoms with Gasteiger partial charge >= 0.3 is 0 Å². The molecule has 0 aromatic carbocycles. The van der Waals surface area contributed by atoms with E-state index in [2.05, 4.69) is 11.9 Å². The van der Waals surface area contributed by atoms with E-state index in [1.807, 2.05) is 13.0 Å². The van der Waals surface area contributed by atoms with Crippen molar-refractivity contribution in [2.24, 2.45) is 0 Å². The summed E-state index contributed by atoms with van der Waals surface area (Å²) in [5.41, 5.74) is 1.10. The summed E-state index contributed by atoms with van der Waals surface area (Å²) in [5, 5.41) is 2.92. The Labute approximate surface area is 90.2 Å². The van der Waals surface area contributed by atoms with Crippen LogP contribution in [0, 0.1) is 0 Å². The van der Waals surface area contributed by atoms with Crippen molar-refractivity contribution in [1.82, 2.24) is 5.32 Å². The lowest BCUT2D eigenvalue weighted by molar-refractivity contribution is -0.121. The van der Waals surface area contributed by atoms with Crippen LogP contribution in [0.1, 0.15) is 25.3 Å². The maximum atomic E-state index is 11.4. The molecule has 0 fully saturated rings. The summed E-state index contributed by atoms with van der Waals surface area (Å²) in [6.07, 6.45) is 7.13. The van der Waals surface area contributed by atoms with Crippen molar-refractivity contribution in [2.75, 3.05) is 0 Å². The lowest BCUT2D eigenvalue weighted by atomic mass is 10.1. The van der Waals surface area contributed by atoms with Crippen molar-refractivity contribution in [3.63, 3.8) is 0 Å². The fraction of sp³-hybridized carbons (Fsp3) is 0.417. The van der Waals surface area contributed by atoms with Gasteiger partial charge in [-0.1, -0.05) is 6.08 Å². The number of hydrogen-bond acceptors (Lipinski definition) is 2. The summed E-state index contributed by atoms with van der Waals surface area (Å²) < 4.78 is 4.96. The van der Waals surface area contributed by atoms with Crippen LogP contribution in [0.4, 0.5) is 0 Å². The van der Waals surface area contributed by atoms with E-state index >= 15 is 0 Å². The Morgan fingerprint density at radius 1 is 1.73 bits per heavy atom. The first-order valence-corrected chi connectivity index (χ1v) is 5.13. The van der Waals surface area contributed by atoms with Gasteiger partial charge in [0.25, 0.3) is 0 Å². The van der Waals surface area contributed by atoms with Crippen molar-refractivity contribution >= 4 is 5.91 Å². The van der Waals surface area contributed by atoms with E-state index in [0.717, 1.165) is 18.4 Å². The fourth-order valence-corrected chi connectivity index (χ4v) is 1.39. The molecule has 1 rings (SSSR count). The third-order valence-corrected chi connectivity index (χ3v) is 2.10. The Balaban J connectivity index is 2.26. The summed E-state index contributed by atoms with van der Waals surface area (Å²) in [5.74, 6) is 0.0749. The van der Waals surface area contributed by atoms with Gasteiger partial charge < -0.3 is 9.73 Å². The summed E-state index contributed by atoms with van der Waals surface area (Å²) in [7, 11) is 0. The number of hydrogen-bond donors (Lipinski definition) is 1. The molecule has 1 N–H and O–H groups in total. The van der Waals surface area contributed by atoms with Crippen LogP contribution in [0.25, 0.3) is 0 Å². The fourth-order valence-electron chi connectivity index (χ4n) is 1.39. The second-order valence-corrected chi connectivity index (χ2v) is 3.63. The quantitative estimate of drug-likeness (QED) is 0.727. The molecule has 0 saturated heterocycles. The number of carbonyl (C=O) groups is 1. The smallest absolute Gasteiger partial charge is 0.220 e. The predicted octanol–water partition coefficient (Wildman–Crippen LogP) is 2.29. The van der Waals surface area contributed by atoms with Gasteiger partial charge in [0, 0.05) is 12.5 Å². The van der Waals surface area contributed by atoms with Crippen LogP contribution in [0.2, 0.25) is 0 Å². The molecular weight excluding hydrogens is 190 g/mol. The molecule has 1 amide bonds. The average molecular weight is 207 g/mol. The van der Waals surface area contributed by atoms with Crippen LogP contribution in [-0.4, -0.2) is 11.9 Å². The average Bonchev–Trinajstić information content (AvgIpc) is 2.67. The molecule has 0 radical (unpaired) electrons. The van der Waals surface area contributed by atoms with Crippen molar-refractivity contribution in [2.45, 2.75) is 32.2 Å². The summed E-state index contributed by atoms with van der Waals surface area (Å²) in [4.78, 5) is 11.4. The minimum absolute atomic E-state index is 0.0749. The predicted molar refractivity (Wildman–Crippen MR) is 59.4 cm³/mol. The minimum Gasteiger partial charge on any atom is -0.472 e. The lowest BCUT2D eigenvalue weighted by Gasteiger charge is -2.12. The molecule has 82 valence electrons. The molecule has 1 aromatic heterocycles. The third-order valence-electron chi connectivity index (χ3n) is 2.10. The van der Waals surface area contributed by atoms with E-state index in [9.17, 15) is 4.79 Å². The number of nitrogens with one attached hydrogen (secondary N) is 1. The van der Waals surface area contributed by atoms with Gasteiger partial charge in [-0.15, -0.1) is 6.58 Å². The number of carbonyl (C=O) groups excluding carboxylic acids is 1. The molecule has 1 heterocycles. The van der Waals surface area contributed by atoms with E-state index in [0.29, 0.717) is 6.42 Å². The highest BCUT2D eigenvalue weighted by atomic mass is 16.3. The van der Waals surface area contributed by atoms with Gasteiger partial charge in [-0.25, -0.2) is 0 Å². The normalized spacial score (nSPS) is 12.1. The molecule has 1 aromatic rings. The Morgan fingerprint density at radius 2 is 2.53 bits per heavy atom. The highest BCUT2D eigenvalue weighted by Gasteiger charge is 2.07. The first-order valence-electron chi connectivity index (χ1n) is 5.13. The molecule has 0 aliphatic carbocycles. The van der Waals surface area contributed by atoms with Gasteiger partial charge in [0.2, 0.25) is 5.91 Å². The van der Waals surface area contributed by atoms with Crippen LogP contribution >= 0.6 is 0 Å². The molecule has 0 bridgehead atoms. The van der Waals surface area contributed by atoms with Gasteiger partial charge in [0.15, 0.2) is 0 Å². The SMILES string of the molecule is C=CCCC(=O)N[C@H](C)Cc1ccoc1. The summed E-state index contributed by atoms with van der Waals surface area (Å²) in [6.45, 7) is 5.57. The largest absolute Gasteiger partial charge is 0.472 e. The molecule has 15 heavy (non-hydrogen) atoms. The van der Waals surface area contributed by atoms with Crippen LogP contribution in [0.5, 0.6) is 0 Å². The molecule has 3 heteroatoms. The molecule has 0 spiro atoms. The molecule has 0 saturated carbocycles. The third kappa shape index (κ3) is 4.49. The molecule has 0 aliphatic heterocycles. The second kappa shape index (κ2) is 6.06. The Hall–Kier alpha value is -1.51. The summed E-state index contributed by atoms with van der Waals surface area (Å²) >= 11 is 0. The maximum Gasteiger partial charge on any atom is 0.220 e. The van der Waals surface area contributed by atoms with Crippen molar-refractivity contribution in [1.29, 1.82) is 0 Å².